The van der Waals surface area contributed by atoms with Crippen LogP contribution in [0.1, 0.15) is 27.9 Å². The lowest BCUT2D eigenvalue weighted by molar-refractivity contribution is -0.123. The average molecular weight is 448 g/mol. The molecule has 0 bridgehead atoms. The second-order valence-corrected chi connectivity index (χ2v) is 8.53. The van der Waals surface area contributed by atoms with Crippen LogP contribution < -0.4 is 15.8 Å². The highest BCUT2D eigenvalue weighted by atomic mass is 32.2. The smallest absolute Gasteiger partial charge is 0.337 e. The van der Waals surface area contributed by atoms with Crippen LogP contribution in [0.15, 0.2) is 53.4 Å². The monoisotopic (exact) mass is 447 g/mol. The molecule has 2 amide bonds. The van der Waals surface area contributed by atoms with E-state index in [2.05, 4.69) is 14.8 Å². The minimum Gasteiger partial charge on any atom is -0.465 e. The summed E-state index contributed by atoms with van der Waals surface area (Å²) in [5.41, 5.74) is 6.36. The van der Waals surface area contributed by atoms with Gasteiger partial charge in [-0.25, -0.2) is 13.2 Å². The normalized spacial score (nSPS) is 12.1. The number of nitrogens with one attached hydrogen (secondary N) is 2. The highest BCUT2D eigenvalue weighted by Gasteiger charge is 2.27. The number of ether oxygens (including phenoxy) is 1. The quantitative estimate of drug-likeness (QED) is 0.456. The minimum atomic E-state index is -4.10. The number of sulfonamides is 1. The first-order chi connectivity index (χ1) is 14.6. The van der Waals surface area contributed by atoms with Crippen molar-refractivity contribution in [3.8, 4) is 0 Å². The van der Waals surface area contributed by atoms with Crippen LogP contribution >= 0.6 is 0 Å². The predicted molar refractivity (Wildman–Crippen MR) is 114 cm³/mol. The Labute approximate surface area is 181 Å². The van der Waals surface area contributed by atoms with Crippen LogP contribution in [0.5, 0.6) is 0 Å². The standard InChI is InChI=1S/C21H25N3O6S/c1-14-12-16(21(27)30-2)8-9-18(14)31(28,29)24-17(13-15-6-4-3-5-7-15)20(26)23-11-10-19(22)25/h3-9,12,17,24H,10-11,13H2,1-2H3,(H2,22,25)(H,23,26). The first-order valence-corrected chi connectivity index (χ1v) is 10.9. The fourth-order valence-electron chi connectivity index (χ4n) is 2.92. The minimum absolute atomic E-state index is 0.00591. The topological polar surface area (TPSA) is 145 Å². The third-order valence-corrected chi connectivity index (χ3v) is 6.08. The number of carbonyl (C=O) groups is 3. The summed E-state index contributed by atoms with van der Waals surface area (Å²) < 4.78 is 33.1. The number of primary amides is 1. The summed E-state index contributed by atoms with van der Waals surface area (Å²) in [6.45, 7) is 1.54. The molecule has 1 unspecified atom stereocenters. The number of benzene rings is 2. The van der Waals surface area contributed by atoms with Gasteiger partial charge in [0.2, 0.25) is 21.8 Å². The summed E-state index contributed by atoms with van der Waals surface area (Å²) in [5, 5.41) is 2.53. The molecule has 0 aromatic heterocycles. The van der Waals surface area contributed by atoms with Gasteiger partial charge in [-0.3, -0.25) is 9.59 Å². The summed E-state index contributed by atoms with van der Waals surface area (Å²) in [6, 6.07) is 11.8. The van der Waals surface area contributed by atoms with E-state index < -0.39 is 33.8 Å². The number of carbonyl (C=O) groups excluding carboxylic acids is 3. The zero-order valence-electron chi connectivity index (χ0n) is 17.3. The van der Waals surface area contributed by atoms with Crippen LogP contribution in [-0.2, 0) is 30.8 Å². The van der Waals surface area contributed by atoms with Crippen LogP contribution in [0.25, 0.3) is 0 Å². The Morgan fingerprint density at radius 3 is 2.35 bits per heavy atom. The molecule has 0 heterocycles. The number of hydrogen-bond acceptors (Lipinski definition) is 6. The molecule has 0 aliphatic heterocycles. The first-order valence-electron chi connectivity index (χ1n) is 9.45. The summed E-state index contributed by atoms with van der Waals surface area (Å²) in [6.07, 6.45) is 0.0341. The van der Waals surface area contributed by atoms with Crippen molar-refractivity contribution in [3.63, 3.8) is 0 Å². The van der Waals surface area contributed by atoms with Gasteiger partial charge in [-0.15, -0.1) is 0 Å². The third kappa shape index (κ3) is 6.90. The maximum atomic E-state index is 13.0. The Morgan fingerprint density at radius 1 is 1.10 bits per heavy atom. The molecular formula is C21H25N3O6S. The number of rotatable bonds is 10. The number of esters is 1. The molecule has 0 aliphatic rings. The molecule has 4 N–H and O–H groups in total. The van der Waals surface area contributed by atoms with Crippen molar-refractivity contribution in [3.05, 3.63) is 65.2 Å². The molecule has 2 aromatic rings. The van der Waals surface area contributed by atoms with Crippen LogP contribution in [0.4, 0.5) is 0 Å². The molecule has 9 nitrogen and oxygen atoms in total. The lowest BCUT2D eigenvalue weighted by Gasteiger charge is -2.19. The van der Waals surface area contributed by atoms with Crippen molar-refractivity contribution in [2.24, 2.45) is 5.73 Å². The van der Waals surface area contributed by atoms with Gasteiger partial charge < -0.3 is 15.8 Å². The highest BCUT2D eigenvalue weighted by Crippen LogP contribution is 2.18. The van der Waals surface area contributed by atoms with Crippen molar-refractivity contribution in [1.82, 2.24) is 10.0 Å². The van der Waals surface area contributed by atoms with Gasteiger partial charge in [-0.1, -0.05) is 30.3 Å². The van der Waals surface area contributed by atoms with E-state index in [0.29, 0.717) is 5.56 Å². The summed E-state index contributed by atoms with van der Waals surface area (Å²) >= 11 is 0. The molecule has 0 saturated heterocycles. The molecule has 2 rings (SSSR count). The van der Waals surface area contributed by atoms with Crippen molar-refractivity contribution in [1.29, 1.82) is 0 Å². The molecule has 0 fully saturated rings. The zero-order chi connectivity index (χ0) is 23.0. The molecule has 166 valence electrons. The van der Waals surface area contributed by atoms with Gasteiger partial charge in [-0.05, 0) is 42.7 Å². The maximum Gasteiger partial charge on any atom is 0.337 e. The van der Waals surface area contributed by atoms with Crippen molar-refractivity contribution in [2.45, 2.75) is 30.7 Å². The Balaban J connectivity index is 2.27. The van der Waals surface area contributed by atoms with Gasteiger partial charge >= 0.3 is 5.97 Å². The van der Waals surface area contributed by atoms with E-state index in [1.807, 2.05) is 6.07 Å². The van der Waals surface area contributed by atoms with Gasteiger partial charge in [0, 0.05) is 13.0 Å². The van der Waals surface area contributed by atoms with Crippen LogP contribution in [0.2, 0.25) is 0 Å². The molecule has 0 saturated carbocycles. The van der Waals surface area contributed by atoms with E-state index in [4.69, 9.17) is 5.73 Å². The molecule has 1 atom stereocenters. The lowest BCUT2D eigenvalue weighted by Crippen LogP contribution is -2.48. The van der Waals surface area contributed by atoms with Gasteiger partial charge in [-0.2, -0.15) is 4.72 Å². The first kappa shape index (κ1) is 24.0. The van der Waals surface area contributed by atoms with Crippen LogP contribution in [0, 0.1) is 6.92 Å². The van der Waals surface area contributed by atoms with Gasteiger partial charge in [0.05, 0.1) is 17.6 Å². The van der Waals surface area contributed by atoms with E-state index in [9.17, 15) is 22.8 Å². The van der Waals surface area contributed by atoms with E-state index in [1.165, 1.54) is 25.3 Å². The van der Waals surface area contributed by atoms with Gasteiger partial charge in [0.1, 0.15) is 6.04 Å². The lowest BCUT2D eigenvalue weighted by atomic mass is 10.1. The predicted octanol–water partition coefficient (Wildman–Crippen LogP) is 0.663. The molecule has 10 heteroatoms. The van der Waals surface area contributed by atoms with Crippen LogP contribution in [-0.4, -0.2) is 45.9 Å². The highest BCUT2D eigenvalue weighted by molar-refractivity contribution is 7.89. The van der Waals surface area contributed by atoms with E-state index >= 15 is 0 Å². The fraction of sp³-hybridized carbons (Fsp3) is 0.286. The number of methoxy groups -OCH3 is 1. The Kier molecular flexibility index (Phi) is 8.29. The number of hydrogen-bond donors (Lipinski definition) is 3. The van der Waals surface area contributed by atoms with Crippen molar-refractivity contribution >= 4 is 27.8 Å². The SMILES string of the molecule is COC(=O)c1ccc(S(=O)(=O)NC(Cc2ccccc2)C(=O)NCCC(N)=O)c(C)c1. The summed E-state index contributed by atoms with van der Waals surface area (Å²) in [7, 11) is -2.87. The molecule has 0 radical (unpaired) electrons. The third-order valence-electron chi connectivity index (χ3n) is 4.45. The Hall–Kier alpha value is -3.24. The van der Waals surface area contributed by atoms with Crippen molar-refractivity contribution in [2.75, 3.05) is 13.7 Å². The van der Waals surface area contributed by atoms with E-state index in [1.54, 1.807) is 31.2 Å². The maximum absolute atomic E-state index is 13.0. The zero-order valence-corrected chi connectivity index (χ0v) is 18.1. The summed E-state index contributed by atoms with van der Waals surface area (Å²) in [4.78, 5) is 35.2. The van der Waals surface area contributed by atoms with Crippen LogP contribution in [0.3, 0.4) is 0 Å². The number of nitrogens with two attached hydrogens (primary N) is 1. The molecule has 0 aliphatic carbocycles. The molecule has 0 spiro atoms. The molecular weight excluding hydrogens is 422 g/mol. The second-order valence-electron chi connectivity index (χ2n) is 6.84. The molecule has 2 aromatic carbocycles. The molecule has 31 heavy (non-hydrogen) atoms. The van der Waals surface area contributed by atoms with E-state index in [0.717, 1.165) is 5.56 Å². The number of aryl methyl sites for hydroxylation is 1. The Bertz CT molecular complexity index is 1050. The van der Waals surface area contributed by atoms with Gasteiger partial charge in [0.15, 0.2) is 0 Å². The van der Waals surface area contributed by atoms with Gasteiger partial charge in [0.25, 0.3) is 0 Å². The largest absolute Gasteiger partial charge is 0.465 e. The number of amides is 2. The van der Waals surface area contributed by atoms with Crippen molar-refractivity contribution < 1.29 is 27.5 Å². The van der Waals surface area contributed by atoms with E-state index in [-0.39, 0.29) is 29.8 Å². The Morgan fingerprint density at radius 2 is 1.77 bits per heavy atom. The average Bonchev–Trinajstić information content (AvgIpc) is 2.72. The fourth-order valence-corrected chi connectivity index (χ4v) is 4.34. The summed E-state index contributed by atoms with van der Waals surface area (Å²) in [5.74, 6) is -1.75. The second kappa shape index (κ2) is 10.7.